The zero-order valence-corrected chi connectivity index (χ0v) is 11.6. The van der Waals surface area contributed by atoms with Gasteiger partial charge in [0.15, 0.2) is 0 Å². The summed E-state index contributed by atoms with van der Waals surface area (Å²) >= 11 is 0. The summed E-state index contributed by atoms with van der Waals surface area (Å²) < 4.78 is 27.3. The van der Waals surface area contributed by atoms with Crippen LogP contribution in [0.3, 0.4) is 0 Å². The van der Waals surface area contributed by atoms with Gasteiger partial charge in [0.05, 0.1) is 10.9 Å². The molecule has 0 saturated heterocycles. The molecule has 19 heavy (non-hydrogen) atoms. The highest BCUT2D eigenvalue weighted by Gasteiger charge is 2.19. The van der Waals surface area contributed by atoms with Gasteiger partial charge in [-0.25, -0.2) is 8.78 Å². The van der Waals surface area contributed by atoms with Crippen LogP contribution in [0.15, 0.2) is 18.2 Å². The molecule has 2 rings (SSSR count). The van der Waals surface area contributed by atoms with E-state index in [1.807, 2.05) is 33.8 Å². The highest BCUT2D eigenvalue weighted by atomic mass is 19.1. The van der Waals surface area contributed by atoms with Crippen molar-refractivity contribution in [3.8, 4) is 0 Å². The number of rotatable bonds is 2. The first-order valence-corrected chi connectivity index (χ1v) is 6.37. The third-order valence-electron chi connectivity index (χ3n) is 2.96. The van der Waals surface area contributed by atoms with E-state index in [1.54, 1.807) is 0 Å². The number of nitrogens with zero attached hydrogens (tertiary/aromatic N) is 1. The van der Waals surface area contributed by atoms with Crippen LogP contribution in [0.25, 0.3) is 10.9 Å². The molecule has 0 fully saturated rings. The van der Waals surface area contributed by atoms with E-state index in [9.17, 15) is 8.78 Å². The Morgan fingerprint density at radius 3 is 2.42 bits per heavy atom. The molecule has 0 amide bonds. The van der Waals surface area contributed by atoms with Crippen molar-refractivity contribution in [2.24, 2.45) is 0 Å². The van der Waals surface area contributed by atoms with Crippen molar-refractivity contribution in [2.75, 3.05) is 11.9 Å². The number of benzene rings is 1. The van der Waals surface area contributed by atoms with E-state index in [-0.39, 0.29) is 5.41 Å². The third-order valence-corrected chi connectivity index (χ3v) is 2.96. The van der Waals surface area contributed by atoms with Crippen LogP contribution in [0.4, 0.5) is 14.5 Å². The highest BCUT2D eigenvalue weighted by Crippen LogP contribution is 2.31. The van der Waals surface area contributed by atoms with Gasteiger partial charge in [-0.3, -0.25) is 4.98 Å². The van der Waals surface area contributed by atoms with E-state index in [4.69, 9.17) is 0 Å². The first-order chi connectivity index (χ1) is 8.82. The summed E-state index contributed by atoms with van der Waals surface area (Å²) in [6.45, 7) is 8.66. The fourth-order valence-corrected chi connectivity index (χ4v) is 2.00. The molecular formula is C15H18F2N2. The summed E-state index contributed by atoms with van der Waals surface area (Å²) in [5.41, 5.74) is 1.64. The van der Waals surface area contributed by atoms with E-state index in [0.717, 1.165) is 11.8 Å². The van der Waals surface area contributed by atoms with Crippen molar-refractivity contribution < 1.29 is 8.78 Å². The molecule has 0 spiro atoms. The minimum absolute atomic E-state index is 0.179. The number of anilines is 1. The number of pyridine rings is 1. The van der Waals surface area contributed by atoms with Gasteiger partial charge in [0.25, 0.3) is 0 Å². The van der Waals surface area contributed by atoms with Gasteiger partial charge < -0.3 is 5.32 Å². The van der Waals surface area contributed by atoms with Crippen molar-refractivity contribution in [2.45, 2.75) is 33.1 Å². The Morgan fingerprint density at radius 2 is 1.84 bits per heavy atom. The number of aromatic nitrogens is 1. The fourth-order valence-electron chi connectivity index (χ4n) is 2.00. The lowest BCUT2D eigenvalue weighted by atomic mass is 9.90. The molecule has 0 radical (unpaired) electrons. The van der Waals surface area contributed by atoms with Gasteiger partial charge >= 0.3 is 0 Å². The summed E-state index contributed by atoms with van der Waals surface area (Å²) in [7, 11) is 0. The Kier molecular flexibility index (Phi) is 3.43. The summed E-state index contributed by atoms with van der Waals surface area (Å²) in [6.07, 6.45) is 0. The van der Waals surface area contributed by atoms with Crippen molar-refractivity contribution >= 4 is 16.6 Å². The van der Waals surface area contributed by atoms with E-state index >= 15 is 0 Å². The fraction of sp³-hybridized carbons (Fsp3) is 0.400. The number of nitrogens with one attached hydrogen (secondary N) is 1. The molecular weight excluding hydrogens is 246 g/mol. The van der Waals surface area contributed by atoms with Gasteiger partial charge in [-0.05, 0) is 13.0 Å². The maximum absolute atomic E-state index is 13.9. The molecule has 0 aliphatic heterocycles. The third kappa shape index (κ3) is 2.67. The number of hydrogen-bond acceptors (Lipinski definition) is 2. The lowest BCUT2D eigenvalue weighted by Gasteiger charge is -2.20. The van der Waals surface area contributed by atoms with E-state index in [1.165, 1.54) is 6.07 Å². The molecule has 0 bridgehead atoms. The Bertz CT molecular complexity index is 616. The smallest absolute Gasteiger partial charge is 0.137 e. The molecule has 0 atom stereocenters. The zero-order chi connectivity index (χ0) is 14.2. The first-order valence-electron chi connectivity index (χ1n) is 6.37. The standard InChI is InChI=1S/C15H18F2N2/c1-5-18-11-8-13(15(2,3)4)19-12-7-9(16)6-10(17)14(11)12/h6-8H,5H2,1-4H3,(H,18,19). The Hall–Kier alpha value is -1.71. The zero-order valence-electron chi connectivity index (χ0n) is 11.6. The molecule has 1 aromatic carbocycles. The van der Waals surface area contributed by atoms with Crippen molar-refractivity contribution in [3.63, 3.8) is 0 Å². The molecule has 2 aromatic rings. The molecule has 1 N–H and O–H groups in total. The van der Waals surface area contributed by atoms with E-state index < -0.39 is 11.6 Å². The van der Waals surface area contributed by atoms with Crippen LogP contribution in [-0.2, 0) is 5.41 Å². The summed E-state index contributed by atoms with van der Waals surface area (Å²) in [5, 5.41) is 3.46. The Balaban J connectivity index is 2.79. The Labute approximate surface area is 111 Å². The summed E-state index contributed by atoms with van der Waals surface area (Å²) in [6, 6.07) is 4.00. The van der Waals surface area contributed by atoms with Crippen molar-refractivity contribution in [1.82, 2.24) is 4.98 Å². The number of hydrogen-bond donors (Lipinski definition) is 1. The molecule has 102 valence electrons. The van der Waals surface area contributed by atoms with Crippen LogP contribution < -0.4 is 5.32 Å². The van der Waals surface area contributed by atoms with Crippen LogP contribution in [0, 0.1) is 11.6 Å². The maximum Gasteiger partial charge on any atom is 0.137 e. The molecule has 0 aliphatic carbocycles. The quantitative estimate of drug-likeness (QED) is 0.877. The molecule has 0 aliphatic rings. The lowest BCUT2D eigenvalue weighted by Crippen LogP contribution is -2.15. The average Bonchev–Trinajstić information content (AvgIpc) is 2.26. The SMILES string of the molecule is CCNc1cc(C(C)(C)C)nc2cc(F)cc(F)c12. The minimum atomic E-state index is -0.606. The van der Waals surface area contributed by atoms with E-state index in [0.29, 0.717) is 23.1 Å². The van der Waals surface area contributed by atoms with Gasteiger partial charge in [-0.1, -0.05) is 20.8 Å². The maximum atomic E-state index is 13.9. The molecule has 0 unspecified atom stereocenters. The average molecular weight is 264 g/mol. The predicted octanol–water partition coefficient (Wildman–Crippen LogP) is 4.24. The second-order valence-corrected chi connectivity index (χ2v) is 5.62. The molecule has 2 nitrogen and oxygen atoms in total. The monoisotopic (exact) mass is 264 g/mol. The van der Waals surface area contributed by atoms with Gasteiger partial charge in [0.1, 0.15) is 11.6 Å². The highest BCUT2D eigenvalue weighted by molar-refractivity contribution is 5.92. The Morgan fingerprint density at radius 1 is 1.16 bits per heavy atom. The number of halogens is 2. The van der Waals surface area contributed by atoms with Crippen LogP contribution >= 0.6 is 0 Å². The predicted molar refractivity (Wildman–Crippen MR) is 74.5 cm³/mol. The van der Waals surface area contributed by atoms with Crippen LogP contribution in [0.2, 0.25) is 0 Å². The van der Waals surface area contributed by atoms with Crippen LogP contribution in [0.1, 0.15) is 33.4 Å². The van der Waals surface area contributed by atoms with Crippen LogP contribution in [-0.4, -0.2) is 11.5 Å². The largest absolute Gasteiger partial charge is 0.385 e. The normalized spacial score (nSPS) is 11.9. The second kappa shape index (κ2) is 4.76. The first kappa shape index (κ1) is 13.7. The summed E-state index contributed by atoms with van der Waals surface area (Å²) in [5.74, 6) is -1.19. The van der Waals surface area contributed by atoms with Crippen molar-refractivity contribution in [1.29, 1.82) is 0 Å². The van der Waals surface area contributed by atoms with Crippen molar-refractivity contribution in [3.05, 3.63) is 35.5 Å². The molecule has 1 aromatic heterocycles. The second-order valence-electron chi connectivity index (χ2n) is 5.62. The van der Waals surface area contributed by atoms with Gasteiger partial charge in [0, 0.05) is 35.5 Å². The molecule has 0 saturated carbocycles. The molecule has 1 heterocycles. The topological polar surface area (TPSA) is 24.9 Å². The number of fused-ring (bicyclic) bond motifs is 1. The van der Waals surface area contributed by atoms with E-state index in [2.05, 4.69) is 10.3 Å². The summed E-state index contributed by atoms with van der Waals surface area (Å²) in [4.78, 5) is 4.39. The lowest BCUT2D eigenvalue weighted by molar-refractivity contribution is 0.569. The van der Waals surface area contributed by atoms with Crippen LogP contribution in [0.5, 0.6) is 0 Å². The minimum Gasteiger partial charge on any atom is -0.385 e. The molecule has 4 heteroatoms. The van der Waals surface area contributed by atoms with Gasteiger partial charge in [-0.15, -0.1) is 0 Å². The van der Waals surface area contributed by atoms with Gasteiger partial charge in [0.2, 0.25) is 0 Å². The van der Waals surface area contributed by atoms with Gasteiger partial charge in [-0.2, -0.15) is 0 Å².